The third-order valence-electron chi connectivity index (χ3n) is 3.89. The molecule has 2 heterocycles. The smallest absolute Gasteiger partial charge is 0.237 e. The first-order valence-electron chi connectivity index (χ1n) is 8.48. The molecule has 5 heteroatoms. The highest BCUT2D eigenvalue weighted by molar-refractivity contribution is 7.11. The molecular weight excluding hydrogens is 320 g/mol. The van der Waals surface area contributed by atoms with Crippen LogP contribution in [0, 0.1) is 6.92 Å². The third kappa shape index (κ3) is 5.21. The van der Waals surface area contributed by atoms with Gasteiger partial charge in [0.25, 0.3) is 0 Å². The van der Waals surface area contributed by atoms with Crippen LogP contribution in [0.25, 0.3) is 0 Å². The standard InChI is InChI=1S/C19H28N2O2S/c1-14(2)21(15(3)4)19(22)13-20(11-17-7-6-10-23-17)12-18-9-8-16(5)24-18/h6-10,14-15H,11-13H2,1-5H3. The molecular formula is C19H28N2O2S. The largest absolute Gasteiger partial charge is 0.468 e. The average molecular weight is 349 g/mol. The maximum atomic E-state index is 12.8. The number of furan rings is 1. The van der Waals surface area contributed by atoms with Crippen LogP contribution < -0.4 is 0 Å². The van der Waals surface area contributed by atoms with Gasteiger partial charge in [0, 0.05) is 28.4 Å². The van der Waals surface area contributed by atoms with E-state index in [2.05, 4.69) is 51.7 Å². The van der Waals surface area contributed by atoms with Crippen LogP contribution in [0.3, 0.4) is 0 Å². The summed E-state index contributed by atoms with van der Waals surface area (Å²) in [5.74, 6) is 1.05. The fourth-order valence-electron chi connectivity index (χ4n) is 3.03. The van der Waals surface area contributed by atoms with Crippen LogP contribution in [0.4, 0.5) is 0 Å². The van der Waals surface area contributed by atoms with Crippen molar-refractivity contribution < 1.29 is 9.21 Å². The monoisotopic (exact) mass is 348 g/mol. The Labute approximate surface area is 149 Å². The first kappa shape index (κ1) is 18.7. The Morgan fingerprint density at radius 1 is 1.12 bits per heavy atom. The maximum Gasteiger partial charge on any atom is 0.237 e. The molecule has 0 fully saturated rings. The number of amides is 1. The van der Waals surface area contributed by atoms with Gasteiger partial charge in [-0.25, -0.2) is 0 Å². The zero-order valence-electron chi connectivity index (χ0n) is 15.3. The van der Waals surface area contributed by atoms with Crippen LogP contribution in [-0.4, -0.2) is 34.3 Å². The molecule has 0 aromatic carbocycles. The number of thiophene rings is 1. The Morgan fingerprint density at radius 3 is 2.33 bits per heavy atom. The lowest BCUT2D eigenvalue weighted by Gasteiger charge is -2.33. The summed E-state index contributed by atoms with van der Waals surface area (Å²) in [7, 11) is 0. The van der Waals surface area contributed by atoms with Crippen LogP contribution in [0.1, 0.15) is 43.2 Å². The van der Waals surface area contributed by atoms with Gasteiger partial charge in [0.15, 0.2) is 0 Å². The maximum absolute atomic E-state index is 12.8. The van der Waals surface area contributed by atoms with Gasteiger partial charge in [-0.2, -0.15) is 0 Å². The van der Waals surface area contributed by atoms with E-state index < -0.39 is 0 Å². The van der Waals surface area contributed by atoms with Crippen molar-refractivity contribution in [3.05, 3.63) is 46.0 Å². The lowest BCUT2D eigenvalue weighted by Crippen LogP contribution is -2.46. The van der Waals surface area contributed by atoms with Crippen LogP contribution >= 0.6 is 11.3 Å². The van der Waals surface area contributed by atoms with Crippen LogP contribution in [0.2, 0.25) is 0 Å². The molecule has 0 N–H and O–H groups in total. The van der Waals surface area contributed by atoms with Crippen molar-refractivity contribution in [2.24, 2.45) is 0 Å². The molecule has 4 nitrogen and oxygen atoms in total. The molecule has 24 heavy (non-hydrogen) atoms. The molecule has 0 radical (unpaired) electrons. The van der Waals surface area contributed by atoms with Crippen LogP contribution in [-0.2, 0) is 17.9 Å². The van der Waals surface area contributed by atoms with Crippen LogP contribution in [0.5, 0.6) is 0 Å². The summed E-state index contributed by atoms with van der Waals surface area (Å²) >= 11 is 1.78. The highest BCUT2D eigenvalue weighted by Crippen LogP contribution is 2.19. The van der Waals surface area contributed by atoms with Gasteiger partial charge < -0.3 is 9.32 Å². The molecule has 2 aromatic heterocycles. The van der Waals surface area contributed by atoms with Gasteiger partial charge in [0.1, 0.15) is 5.76 Å². The number of hydrogen-bond donors (Lipinski definition) is 0. The predicted molar refractivity (Wildman–Crippen MR) is 99.0 cm³/mol. The van der Waals surface area contributed by atoms with E-state index in [9.17, 15) is 4.79 Å². The van der Waals surface area contributed by atoms with Crippen molar-refractivity contribution >= 4 is 17.2 Å². The summed E-state index contributed by atoms with van der Waals surface area (Å²) in [6.07, 6.45) is 1.68. The second-order valence-corrected chi connectivity index (χ2v) is 8.10. The summed E-state index contributed by atoms with van der Waals surface area (Å²) in [6.45, 7) is 12.2. The average Bonchev–Trinajstić information content (AvgIpc) is 3.09. The number of aryl methyl sites for hydroxylation is 1. The Hall–Kier alpha value is -1.59. The van der Waals surface area contributed by atoms with E-state index in [0.717, 1.165) is 12.3 Å². The molecule has 2 aromatic rings. The second kappa shape index (κ2) is 8.49. The van der Waals surface area contributed by atoms with Crippen molar-refractivity contribution in [1.29, 1.82) is 0 Å². The van der Waals surface area contributed by atoms with Gasteiger partial charge in [0.05, 0.1) is 19.4 Å². The van der Waals surface area contributed by atoms with Crippen molar-refractivity contribution in [3.63, 3.8) is 0 Å². The Kier molecular flexibility index (Phi) is 6.63. The van der Waals surface area contributed by atoms with E-state index in [-0.39, 0.29) is 18.0 Å². The second-order valence-electron chi connectivity index (χ2n) is 6.73. The lowest BCUT2D eigenvalue weighted by atomic mass is 10.2. The van der Waals surface area contributed by atoms with E-state index in [4.69, 9.17) is 4.42 Å². The molecule has 0 spiro atoms. The molecule has 0 aliphatic rings. The minimum Gasteiger partial charge on any atom is -0.468 e. The Balaban J connectivity index is 2.10. The van der Waals surface area contributed by atoms with E-state index >= 15 is 0 Å². The molecule has 0 unspecified atom stereocenters. The SMILES string of the molecule is Cc1ccc(CN(CC(=O)N(C(C)C)C(C)C)Cc2ccco2)s1. The highest BCUT2D eigenvalue weighted by Gasteiger charge is 2.23. The van der Waals surface area contributed by atoms with Gasteiger partial charge in [-0.1, -0.05) is 0 Å². The Bertz CT molecular complexity index is 624. The molecule has 0 bridgehead atoms. The summed E-state index contributed by atoms with van der Waals surface area (Å²) < 4.78 is 5.48. The minimum atomic E-state index is 0.167. The van der Waals surface area contributed by atoms with Gasteiger partial charge in [-0.15, -0.1) is 11.3 Å². The minimum absolute atomic E-state index is 0.167. The normalized spacial score (nSPS) is 11.7. The highest BCUT2D eigenvalue weighted by atomic mass is 32.1. The molecule has 0 aliphatic carbocycles. The molecule has 0 atom stereocenters. The molecule has 0 saturated heterocycles. The Morgan fingerprint density at radius 2 is 1.83 bits per heavy atom. The third-order valence-corrected chi connectivity index (χ3v) is 4.88. The predicted octanol–water partition coefficient (Wildman–Crippen LogP) is 4.30. The number of nitrogens with zero attached hydrogens (tertiary/aromatic N) is 2. The molecule has 1 amide bonds. The first-order valence-corrected chi connectivity index (χ1v) is 9.29. The van der Waals surface area contributed by atoms with E-state index in [0.29, 0.717) is 13.1 Å². The zero-order valence-corrected chi connectivity index (χ0v) is 16.1. The van der Waals surface area contributed by atoms with Crippen molar-refractivity contribution in [3.8, 4) is 0 Å². The number of carbonyl (C=O) groups excluding carboxylic acids is 1. The van der Waals surface area contributed by atoms with Crippen molar-refractivity contribution in [2.75, 3.05) is 6.54 Å². The number of hydrogen-bond acceptors (Lipinski definition) is 4. The van der Waals surface area contributed by atoms with Gasteiger partial charge >= 0.3 is 0 Å². The fourth-order valence-corrected chi connectivity index (χ4v) is 3.96. The molecule has 0 aliphatic heterocycles. The van der Waals surface area contributed by atoms with Crippen molar-refractivity contribution in [1.82, 2.24) is 9.80 Å². The van der Waals surface area contributed by atoms with Gasteiger partial charge in [0.2, 0.25) is 5.91 Å². The summed E-state index contributed by atoms with van der Waals surface area (Å²) in [6, 6.07) is 8.52. The quantitative estimate of drug-likeness (QED) is 0.714. The van der Waals surface area contributed by atoms with Crippen molar-refractivity contribution in [2.45, 2.75) is 59.8 Å². The van der Waals surface area contributed by atoms with Gasteiger partial charge in [-0.3, -0.25) is 9.69 Å². The lowest BCUT2D eigenvalue weighted by molar-refractivity contribution is -0.136. The molecule has 2 rings (SSSR count). The van der Waals surface area contributed by atoms with Crippen LogP contribution in [0.15, 0.2) is 34.9 Å². The summed E-state index contributed by atoms with van der Waals surface area (Å²) in [4.78, 5) is 19.5. The van der Waals surface area contributed by atoms with Gasteiger partial charge in [-0.05, 0) is 58.9 Å². The number of rotatable bonds is 8. The molecule has 0 saturated carbocycles. The molecule has 132 valence electrons. The number of carbonyl (C=O) groups is 1. The fraction of sp³-hybridized carbons (Fsp3) is 0.526. The van der Waals surface area contributed by atoms with E-state index in [1.54, 1.807) is 17.6 Å². The summed E-state index contributed by atoms with van der Waals surface area (Å²) in [5.41, 5.74) is 0. The topological polar surface area (TPSA) is 36.7 Å². The summed E-state index contributed by atoms with van der Waals surface area (Å²) in [5, 5.41) is 0. The van der Waals surface area contributed by atoms with E-state index in [1.807, 2.05) is 17.0 Å². The van der Waals surface area contributed by atoms with E-state index in [1.165, 1.54) is 9.75 Å². The first-order chi connectivity index (χ1) is 11.4. The zero-order chi connectivity index (χ0) is 17.7.